The number of ether oxygens (including phenoxy) is 1. The summed E-state index contributed by atoms with van der Waals surface area (Å²) < 4.78 is 47.9. The van der Waals surface area contributed by atoms with Crippen molar-refractivity contribution in [1.82, 2.24) is 4.57 Å². The molecule has 1 atom stereocenters. The molecule has 4 aromatic rings. The van der Waals surface area contributed by atoms with E-state index < -0.39 is 23.1 Å². The average Bonchev–Trinajstić information content (AvgIpc) is 3.24. The molecular weight excluding hydrogens is 403 g/mol. The van der Waals surface area contributed by atoms with E-state index in [-0.39, 0.29) is 0 Å². The van der Waals surface area contributed by atoms with Crippen molar-refractivity contribution < 1.29 is 22.7 Å². The van der Waals surface area contributed by atoms with Crippen molar-refractivity contribution in [2.45, 2.75) is 11.6 Å². The third kappa shape index (κ3) is 2.45. The van der Waals surface area contributed by atoms with E-state index in [1.165, 1.54) is 13.2 Å². The molecule has 0 saturated carbocycles. The summed E-state index contributed by atoms with van der Waals surface area (Å²) in [7, 11) is 3.11. The van der Waals surface area contributed by atoms with E-state index in [1.54, 1.807) is 0 Å². The summed E-state index contributed by atoms with van der Waals surface area (Å²) >= 11 is 0. The number of benzene rings is 3. The molecule has 5 rings (SSSR count). The standard InChI is InChI=1S/C25H18F3NO2/c1-29-20-13-12-16(25(26,27)28)14-18(20)21-22(29)17-10-6-7-11-19(17)24(21,23(30)31-2)15-8-4-3-5-9-15/h3-14H,1-2H3. The zero-order chi connectivity index (χ0) is 22.0. The lowest BCUT2D eigenvalue weighted by atomic mass is 9.72. The zero-order valence-electron chi connectivity index (χ0n) is 16.8. The van der Waals surface area contributed by atoms with E-state index >= 15 is 0 Å². The number of aromatic nitrogens is 1. The van der Waals surface area contributed by atoms with Crippen LogP contribution in [-0.4, -0.2) is 17.6 Å². The SMILES string of the molecule is COC(=O)C1(c2ccccc2)c2ccccc2-c2c1c1cc(C(F)(F)F)ccc1n2C. The molecule has 0 saturated heterocycles. The molecule has 0 spiro atoms. The van der Waals surface area contributed by atoms with Gasteiger partial charge in [0.15, 0.2) is 0 Å². The van der Waals surface area contributed by atoms with Crippen LogP contribution in [-0.2, 0) is 28.2 Å². The van der Waals surface area contributed by atoms with Gasteiger partial charge >= 0.3 is 12.1 Å². The number of carbonyl (C=O) groups excluding carboxylic acids is 1. The third-order valence-corrected chi connectivity index (χ3v) is 6.19. The van der Waals surface area contributed by atoms with E-state index in [1.807, 2.05) is 66.2 Å². The van der Waals surface area contributed by atoms with Crippen LogP contribution >= 0.6 is 0 Å². The largest absolute Gasteiger partial charge is 0.468 e. The first-order valence-corrected chi connectivity index (χ1v) is 9.75. The highest BCUT2D eigenvalue weighted by Gasteiger charge is 2.54. The Morgan fingerprint density at radius 3 is 2.32 bits per heavy atom. The molecule has 0 fully saturated rings. The number of hydrogen-bond acceptors (Lipinski definition) is 2. The lowest BCUT2D eigenvalue weighted by molar-refractivity contribution is -0.144. The smallest absolute Gasteiger partial charge is 0.416 e. The van der Waals surface area contributed by atoms with E-state index in [0.29, 0.717) is 27.6 Å². The van der Waals surface area contributed by atoms with Gasteiger partial charge in [0.25, 0.3) is 0 Å². The lowest BCUT2D eigenvalue weighted by Gasteiger charge is -2.29. The summed E-state index contributed by atoms with van der Waals surface area (Å²) in [5.41, 5.74) is 1.90. The molecule has 0 aliphatic heterocycles. The normalized spacial score (nSPS) is 17.5. The van der Waals surface area contributed by atoms with Crippen LogP contribution in [0.25, 0.3) is 22.2 Å². The molecule has 1 aliphatic carbocycles. The Hall–Kier alpha value is -3.54. The first-order chi connectivity index (χ1) is 14.8. The number of carbonyl (C=O) groups is 1. The fourth-order valence-corrected chi connectivity index (χ4v) is 4.94. The van der Waals surface area contributed by atoms with Crippen molar-refractivity contribution in [3.8, 4) is 11.3 Å². The highest BCUT2D eigenvalue weighted by atomic mass is 19.4. The van der Waals surface area contributed by atoms with Crippen LogP contribution in [0, 0.1) is 0 Å². The molecule has 156 valence electrons. The summed E-state index contributed by atoms with van der Waals surface area (Å²) in [5, 5.41) is 0.387. The number of hydrogen-bond donors (Lipinski definition) is 0. The van der Waals surface area contributed by atoms with Crippen molar-refractivity contribution in [2.24, 2.45) is 7.05 Å². The first-order valence-electron chi connectivity index (χ1n) is 9.75. The van der Waals surface area contributed by atoms with Crippen LogP contribution in [0.1, 0.15) is 22.3 Å². The molecule has 0 amide bonds. The Morgan fingerprint density at radius 2 is 1.65 bits per heavy atom. The molecule has 0 radical (unpaired) electrons. The Kier molecular flexibility index (Phi) is 4.06. The number of rotatable bonds is 2. The van der Waals surface area contributed by atoms with Crippen LogP contribution in [0.5, 0.6) is 0 Å². The minimum absolute atomic E-state index is 0.387. The number of alkyl halides is 3. The molecule has 3 nitrogen and oxygen atoms in total. The maximum Gasteiger partial charge on any atom is 0.416 e. The van der Waals surface area contributed by atoms with Crippen LogP contribution in [0.2, 0.25) is 0 Å². The molecule has 3 aromatic carbocycles. The van der Waals surface area contributed by atoms with Gasteiger partial charge in [-0.2, -0.15) is 13.2 Å². The quantitative estimate of drug-likeness (QED) is 0.390. The van der Waals surface area contributed by atoms with Crippen molar-refractivity contribution in [2.75, 3.05) is 7.11 Å². The highest BCUT2D eigenvalue weighted by Crippen LogP contribution is 2.56. The minimum atomic E-state index is -4.50. The highest BCUT2D eigenvalue weighted by molar-refractivity contribution is 6.08. The topological polar surface area (TPSA) is 31.2 Å². The van der Waals surface area contributed by atoms with Crippen molar-refractivity contribution in [3.05, 3.63) is 95.1 Å². The van der Waals surface area contributed by atoms with Gasteiger partial charge in [-0.3, -0.25) is 4.79 Å². The predicted molar refractivity (Wildman–Crippen MR) is 112 cm³/mol. The fourth-order valence-electron chi connectivity index (χ4n) is 4.94. The van der Waals surface area contributed by atoms with Crippen molar-refractivity contribution >= 4 is 16.9 Å². The van der Waals surface area contributed by atoms with Crippen LogP contribution in [0.15, 0.2) is 72.8 Å². The third-order valence-electron chi connectivity index (χ3n) is 6.19. The second-order valence-electron chi connectivity index (χ2n) is 7.67. The number of fused-ring (bicyclic) bond motifs is 5. The van der Waals surface area contributed by atoms with Crippen molar-refractivity contribution in [3.63, 3.8) is 0 Å². The summed E-state index contributed by atoms with van der Waals surface area (Å²) in [5.74, 6) is -0.533. The molecule has 1 aromatic heterocycles. The van der Waals surface area contributed by atoms with Gasteiger partial charge in [-0.15, -0.1) is 0 Å². The van der Waals surface area contributed by atoms with Gasteiger partial charge in [0, 0.05) is 29.1 Å². The maximum absolute atomic E-state index is 13.6. The molecule has 31 heavy (non-hydrogen) atoms. The number of halogens is 3. The summed E-state index contributed by atoms with van der Waals surface area (Å²) in [6.45, 7) is 0. The van der Waals surface area contributed by atoms with Crippen LogP contribution in [0.4, 0.5) is 13.2 Å². The molecule has 0 N–H and O–H groups in total. The Labute approximate surface area is 176 Å². The zero-order valence-corrected chi connectivity index (χ0v) is 16.8. The number of esters is 1. The second kappa shape index (κ2) is 6.48. The predicted octanol–water partition coefficient (Wildman–Crippen LogP) is 5.68. The van der Waals surface area contributed by atoms with Crippen molar-refractivity contribution in [1.29, 1.82) is 0 Å². The monoisotopic (exact) mass is 421 g/mol. The minimum Gasteiger partial charge on any atom is -0.468 e. The Balaban J connectivity index is 2.01. The summed E-state index contributed by atoms with van der Waals surface area (Å²) in [6, 6.07) is 20.2. The molecule has 6 heteroatoms. The summed E-state index contributed by atoms with van der Waals surface area (Å²) in [4.78, 5) is 13.5. The van der Waals surface area contributed by atoms with Gasteiger partial charge in [-0.1, -0.05) is 54.6 Å². The van der Waals surface area contributed by atoms with E-state index in [0.717, 1.165) is 23.4 Å². The van der Waals surface area contributed by atoms with Gasteiger partial charge in [0.1, 0.15) is 5.41 Å². The molecular formula is C25H18F3NO2. The first kappa shape index (κ1) is 19.4. The van der Waals surface area contributed by atoms with Gasteiger partial charge < -0.3 is 9.30 Å². The lowest BCUT2D eigenvalue weighted by Crippen LogP contribution is -2.37. The van der Waals surface area contributed by atoms with Crippen LogP contribution < -0.4 is 0 Å². The van der Waals surface area contributed by atoms with E-state index in [2.05, 4.69) is 0 Å². The second-order valence-corrected chi connectivity index (χ2v) is 7.67. The number of aryl methyl sites for hydroxylation is 1. The number of nitrogens with zero attached hydrogens (tertiary/aromatic N) is 1. The average molecular weight is 421 g/mol. The molecule has 1 aliphatic rings. The maximum atomic E-state index is 13.6. The van der Waals surface area contributed by atoms with Gasteiger partial charge in [0.2, 0.25) is 0 Å². The summed E-state index contributed by atoms with van der Waals surface area (Å²) in [6.07, 6.45) is -4.50. The molecule has 1 heterocycles. The number of methoxy groups -OCH3 is 1. The molecule has 1 unspecified atom stereocenters. The fraction of sp³-hybridized carbons (Fsp3) is 0.160. The Morgan fingerprint density at radius 1 is 0.968 bits per heavy atom. The van der Waals surface area contributed by atoms with Gasteiger partial charge in [-0.25, -0.2) is 0 Å². The Bertz CT molecular complexity index is 1340. The van der Waals surface area contributed by atoms with Gasteiger partial charge in [-0.05, 0) is 29.3 Å². The van der Waals surface area contributed by atoms with Crippen LogP contribution in [0.3, 0.4) is 0 Å². The van der Waals surface area contributed by atoms with E-state index in [4.69, 9.17) is 4.74 Å². The molecule has 0 bridgehead atoms. The van der Waals surface area contributed by atoms with E-state index in [9.17, 15) is 18.0 Å². The van der Waals surface area contributed by atoms with Gasteiger partial charge in [0.05, 0.1) is 18.4 Å².